The summed E-state index contributed by atoms with van der Waals surface area (Å²) in [5.41, 5.74) is 0.844. The van der Waals surface area contributed by atoms with E-state index in [1.165, 1.54) is 13.2 Å². The SMILES string of the molecule is COC(=O)C(C)CN(Cc1ccco1)C(=O)/C=C/c1cccc(OC)c1. The van der Waals surface area contributed by atoms with E-state index in [4.69, 9.17) is 13.9 Å². The highest BCUT2D eigenvalue weighted by atomic mass is 16.5. The van der Waals surface area contributed by atoms with Crippen LogP contribution in [0, 0.1) is 5.92 Å². The second kappa shape index (κ2) is 9.46. The molecule has 6 nitrogen and oxygen atoms in total. The van der Waals surface area contributed by atoms with Crippen LogP contribution in [0.1, 0.15) is 18.2 Å². The molecule has 0 saturated carbocycles. The number of benzene rings is 1. The third-order valence-corrected chi connectivity index (χ3v) is 3.85. The average molecular weight is 357 g/mol. The Bertz CT molecular complexity index is 751. The van der Waals surface area contributed by atoms with Crippen LogP contribution in [0.25, 0.3) is 6.08 Å². The molecule has 0 aliphatic rings. The van der Waals surface area contributed by atoms with Gasteiger partial charge in [-0.2, -0.15) is 0 Å². The molecule has 1 unspecified atom stereocenters. The first-order valence-corrected chi connectivity index (χ1v) is 8.24. The lowest BCUT2D eigenvalue weighted by molar-refractivity contribution is -0.146. The highest BCUT2D eigenvalue weighted by Gasteiger charge is 2.21. The highest BCUT2D eigenvalue weighted by molar-refractivity contribution is 5.92. The number of nitrogens with zero attached hydrogens (tertiary/aromatic N) is 1. The molecule has 2 aromatic rings. The van der Waals surface area contributed by atoms with Crippen molar-refractivity contribution in [2.24, 2.45) is 5.92 Å². The van der Waals surface area contributed by atoms with Gasteiger partial charge in [-0.25, -0.2) is 0 Å². The van der Waals surface area contributed by atoms with Crippen LogP contribution in [0.3, 0.4) is 0 Å². The van der Waals surface area contributed by atoms with Gasteiger partial charge < -0.3 is 18.8 Å². The lowest BCUT2D eigenvalue weighted by Gasteiger charge is -2.23. The third kappa shape index (κ3) is 5.51. The molecule has 1 aromatic heterocycles. The van der Waals surface area contributed by atoms with E-state index in [-0.39, 0.29) is 25.0 Å². The fourth-order valence-electron chi connectivity index (χ4n) is 2.45. The lowest BCUT2D eigenvalue weighted by atomic mass is 10.1. The highest BCUT2D eigenvalue weighted by Crippen LogP contribution is 2.15. The molecule has 1 heterocycles. The van der Waals surface area contributed by atoms with E-state index < -0.39 is 5.92 Å². The summed E-state index contributed by atoms with van der Waals surface area (Å²) in [5.74, 6) is 0.333. The second-order valence-electron chi connectivity index (χ2n) is 5.83. The maximum absolute atomic E-state index is 12.7. The van der Waals surface area contributed by atoms with Gasteiger partial charge in [-0.1, -0.05) is 19.1 Å². The molecule has 0 bridgehead atoms. The van der Waals surface area contributed by atoms with E-state index >= 15 is 0 Å². The van der Waals surface area contributed by atoms with Crippen molar-refractivity contribution in [1.82, 2.24) is 4.90 Å². The summed E-state index contributed by atoms with van der Waals surface area (Å²) in [6, 6.07) is 10.9. The minimum absolute atomic E-state index is 0.222. The van der Waals surface area contributed by atoms with Crippen LogP contribution in [0.2, 0.25) is 0 Å². The fraction of sp³-hybridized carbons (Fsp3) is 0.300. The van der Waals surface area contributed by atoms with Crippen LogP contribution in [0.15, 0.2) is 53.2 Å². The van der Waals surface area contributed by atoms with Gasteiger partial charge in [0.1, 0.15) is 11.5 Å². The minimum Gasteiger partial charge on any atom is -0.497 e. The van der Waals surface area contributed by atoms with Gasteiger partial charge in [0.05, 0.1) is 32.9 Å². The van der Waals surface area contributed by atoms with Crippen molar-refractivity contribution in [1.29, 1.82) is 0 Å². The maximum atomic E-state index is 12.7. The Hall–Kier alpha value is -3.02. The zero-order valence-electron chi connectivity index (χ0n) is 15.2. The quantitative estimate of drug-likeness (QED) is 0.536. The predicted octanol–water partition coefficient (Wildman–Crippen LogP) is 3.14. The molecule has 0 radical (unpaired) electrons. The van der Waals surface area contributed by atoms with E-state index in [0.717, 1.165) is 5.56 Å². The molecule has 0 aliphatic carbocycles. The molecule has 0 spiro atoms. The number of hydrogen-bond donors (Lipinski definition) is 0. The Morgan fingerprint density at radius 1 is 1.23 bits per heavy atom. The Morgan fingerprint density at radius 3 is 2.69 bits per heavy atom. The van der Waals surface area contributed by atoms with E-state index in [2.05, 4.69) is 0 Å². The van der Waals surface area contributed by atoms with E-state index in [0.29, 0.717) is 11.5 Å². The first kappa shape index (κ1) is 19.3. The number of furan rings is 1. The molecule has 1 atom stereocenters. The molecule has 6 heteroatoms. The van der Waals surface area contributed by atoms with Crippen molar-refractivity contribution >= 4 is 18.0 Å². The molecule has 0 N–H and O–H groups in total. The third-order valence-electron chi connectivity index (χ3n) is 3.85. The largest absolute Gasteiger partial charge is 0.497 e. The molecule has 1 amide bonds. The molecule has 1 aromatic carbocycles. The summed E-state index contributed by atoms with van der Waals surface area (Å²) >= 11 is 0. The van der Waals surface area contributed by atoms with Crippen molar-refractivity contribution in [3.05, 3.63) is 60.1 Å². The summed E-state index contributed by atoms with van der Waals surface area (Å²) in [5, 5.41) is 0. The van der Waals surface area contributed by atoms with Gasteiger partial charge in [0.25, 0.3) is 0 Å². The number of ether oxygens (including phenoxy) is 2. The molecular weight excluding hydrogens is 334 g/mol. The zero-order chi connectivity index (χ0) is 18.9. The van der Waals surface area contributed by atoms with Crippen molar-refractivity contribution < 1.29 is 23.5 Å². The normalized spacial score (nSPS) is 12.0. The number of esters is 1. The Morgan fingerprint density at radius 2 is 2.04 bits per heavy atom. The maximum Gasteiger partial charge on any atom is 0.310 e. The van der Waals surface area contributed by atoms with Gasteiger partial charge in [-0.15, -0.1) is 0 Å². The standard InChI is InChI=1S/C20H23NO5/c1-15(20(23)25-3)13-21(14-18-8-5-11-26-18)19(22)10-9-16-6-4-7-17(12-16)24-2/h4-12,15H,13-14H2,1-3H3/b10-9+. The van der Waals surface area contributed by atoms with Gasteiger partial charge in [-0.3, -0.25) is 9.59 Å². The summed E-state index contributed by atoms with van der Waals surface area (Å²) in [4.78, 5) is 25.9. The van der Waals surface area contributed by atoms with Crippen LogP contribution in [0.4, 0.5) is 0 Å². The van der Waals surface area contributed by atoms with E-state index in [1.54, 1.807) is 43.4 Å². The number of carbonyl (C=O) groups is 2. The average Bonchev–Trinajstić information content (AvgIpc) is 3.18. The van der Waals surface area contributed by atoms with Crippen molar-refractivity contribution in [3.8, 4) is 5.75 Å². The van der Waals surface area contributed by atoms with Gasteiger partial charge in [0, 0.05) is 12.6 Å². The zero-order valence-corrected chi connectivity index (χ0v) is 15.2. The Labute approximate surface area is 153 Å². The summed E-state index contributed by atoms with van der Waals surface area (Å²) < 4.78 is 15.3. The number of amides is 1. The first-order valence-electron chi connectivity index (χ1n) is 8.24. The molecule has 0 aliphatic heterocycles. The predicted molar refractivity (Wildman–Crippen MR) is 97.3 cm³/mol. The number of hydrogen-bond acceptors (Lipinski definition) is 5. The smallest absolute Gasteiger partial charge is 0.310 e. The van der Waals surface area contributed by atoms with Crippen LogP contribution >= 0.6 is 0 Å². The van der Waals surface area contributed by atoms with Crippen LogP contribution < -0.4 is 4.74 Å². The molecule has 138 valence electrons. The van der Waals surface area contributed by atoms with Crippen molar-refractivity contribution in [2.75, 3.05) is 20.8 Å². The number of carbonyl (C=O) groups excluding carboxylic acids is 2. The van der Waals surface area contributed by atoms with Gasteiger partial charge >= 0.3 is 5.97 Å². The van der Waals surface area contributed by atoms with Crippen LogP contribution in [-0.2, 0) is 20.9 Å². The second-order valence-corrected chi connectivity index (χ2v) is 5.83. The monoisotopic (exact) mass is 357 g/mol. The number of rotatable bonds is 8. The topological polar surface area (TPSA) is 69.0 Å². The summed E-state index contributed by atoms with van der Waals surface area (Å²) in [6.45, 7) is 2.23. The number of methoxy groups -OCH3 is 2. The van der Waals surface area contributed by atoms with E-state index in [9.17, 15) is 9.59 Å². The van der Waals surface area contributed by atoms with Crippen molar-refractivity contribution in [2.45, 2.75) is 13.5 Å². The summed E-state index contributed by atoms with van der Waals surface area (Å²) in [6.07, 6.45) is 4.73. The van der Waals surface area contributed by atoms with Crippen LogP contribution in [0.5, 0.6) is 5.75 Å². The van der Waals surface area contributed by atoms with Crippen LogP contribution in [-0.4, -0.2) is 37.5 Å². The minimum atomic E-state index is -0.441. The van der Waals surface area contributed by atoms with Crippen molar-refractivity contribution in [3.63, 3.8) is 0 Å². The summed E-state index contributed by atoms with van der Waals surface area (Å²) in [7, 11) is 2.92. The van der Waals surface area contributed by atoms with E-state index in [1.807, 2.05) is 24.3 Å². The Balaban J connectivity index is 2.12. The molecule has 26 heavy (non-hydrogen) atoms. The fourth-order valence-corrected chi connectivity index (χ4v) is 2.45. The Kier molecular flexibility index (Phi) is 7.02. The van der Waals surface area contributed by atoms with Gasteiger partial charge in [0.2, 0.25) is 5.91 Å². The molecule has 2 rings (SSSR count). The molecule has 0 fully saturated rings. The van der Waals surface area contributed by atoms with Gasteiger partial charge in [0.15, 0.2) is 0 Å². The van der Waals surface area contributed by atoms with Gasteiger partial charge in [-0.05, 0) is 35.9 Å². The first-order chi connectivity index (χ1) is 12.5. The lowest BCUT2D eigenvalue weighted by Crippen LogP contribution is -2.35. The molecular formula is C20H23NO5. The molecule has 0 saturated heterocycles.